The number of ether oxygens (including phenoxy) is 1. The summed E-state index contributed by atoms with van der Waals surface area (Å²) in [6.45, 7) is 1.63. The number of benzene rings is 1. The first-order valence-electron chi connectivity index (χ1n) is 5.77. The van der Waals surface area contributed by atoms with Crippen LogP contribution in [0.5, 0.6) is 5.75 Å². The largest absolute Gasteiger partial charge is 0.496 e. The molecule has 0 spiro atoms. The van der Waals surface area contributed by atoms with E-state index in [4.69, 9.17) is 10.5 Å². The molecular weight excluding hydrogens is 267 g/mol. The second kappa shape index (κ2) is 5.16. The predicted octanol–water partition coefficient (Wildman–Crippen LogP) is 2.13. The van der Waals surface area contributed by atoms with Gasteiger partial charge in [0.05, 0.1) is 23.6 Å². The van der Waals surface area contributed by atoms with Gasteiger partial charge in [-0.25, -0.2) is 9.07 Å². The van der Waals surface area contributed by atoms with Crippen LogP contribution < -0.4 is 10.5 Å². The number of hydrogen-bond acceptors (Lipinski definition) is 5. The Morgan fingerprint density at radius 2 is 2.25 bits per heavy atom. The van der Waals surface area contributed by atoms with Gasteiger partial charge in [0.15, 0.2) is 0 Å². The van der Waals surface area contributed by atoms with Gasteiger partial charge in [-0.3, -0.25) is 10.1 Å². The summed E-state index contributed by atoms with van der Waals surface area (Å²) in [4.78, 5) is 10.1. The van der Waals surface area contributed by atoms with Gasteiger partial charge < -0.3 is 10.5 Å². The van der Waals surface area contributed by atoms with Crippen LogP contribution in [0.1, 0.15) is 18.5 Å². The minimum absolute atomic E-state index is 0.132. The Morgan fingerprint density at radius 1 is 1.55 bits per heavy atom. The summed E-state index contributed by atoms with van der Waals surface area (Å²) in [5, 5.41) is 14.6. The molecule has 7 nitrogen and oxygen atoms in total. The molecule has 8 heteroatoms. The summed E-state index contributed by atoms with van der Waals surface area (Å²) in [6, 6.07) is 3.75. The molecule has 0 aliphatic heterocycles. The normalized spacial score (nSPS) is 12.2. The third-order valence-corrected chi connectivity index (χ3v) is 3.03. The molecule has 1 heterocycles. The Bertz CT molecular complexity index is 656. The molecule has 0 amide bonds. The highest BCUT2D eigenvalue weighted by Gasteiger charge is 2.25. The van der Waals surface area contributed by atoms with E-state index in [2.05, 4.69) is 5.10 Å². The van der Waals surface area contributed by atoms with Gasteiger partial charge in [-0.05, 0) is 19.1 Å². The molecule has 1 unspecified atom stereocenters. The number of nitrogens with two attached hydrogens (primary N) is 1. The van der Waals surface area contributed by atoms with Crippen LogP contribution >= 0.6 is 0 Å². The van der Waals surface area contributed by atoms with E-state index in [-0.39, 0.29) is 17.1 Å². The Labute approximate surface area is 113 Å². The molecule has 2 rings (SSSR count). The molecule has 20 heavy (non-hydrogen) atoms. The first kappa shape index (κ1) is 13.8. The van der Waals surface area contributed by atoms with E-state index in [1.54, 1.807) is 13.0 Å². The van der Waals surface area contributed by atoms with Crippen molar-refractivity contribution in [1.29, 1.82) is 0 Å². The monoisotopic (exact) mass is 280 g/mol. The van der Waals surface area contributed by atoms with Crippen molar-refractivity contribution in [1.82, 2.24) is 9.78 Å². The highest BCUT2D eigenvalue weighted by molar-refractivity contribution is 5.52. The number of anilines is 1. The van der Waals surface area contributed by atoms with Gasteiger partial charge in [0, 0.05) is 0 Å². The smallest absolute Gasteiger partial charge is 0.330 e. The van der Waals surface area contributed by atoms with Gasteiger partial charge in [0.1, 0.15) is 17.8 Å². The van der Waals surface area contributed by atoms with E-state index in [0.29, 0.717) is 5.75 Å². The number of nitrogen functional groups attached to an aromatic ring is 1. The van der Waals surface area contributed by atoms with E-state index in [0.717, 1.165) is 6.20 Å². The molecule has 1 aromatic carbocycles. The van der Waals surface area contributed by atoms with Crippen LogP contribution in [0.25, 0.3) is 0 Å². The molecule has 2 N–H and O–H groups in total. The van der Waals surface area contributed by atoms with Crippen molar-refractivity contribution < 1.29 is 14.1 Å². The highest BCUT2D eigenvalue weighted by atomic mass is 19.1. The van der Waals surface area contributed by atoms with E-state index in [1.165, 1.54) is 23.9 Å². The number of rotatable bonds is 4. The third-order valence-electron chi connectivity index (χ3n) is 3.03. The Morgan fingerprint density at radius 3 is 2.80 bits per heavy atom. The van der Waals surface area contributed by atoms with Gasteiger partial charge in [0.25, 0.3) is 0 Å². The fourth-order valence-electron chi connectivity index (χ4n) is 2.03. The van der Waals surface area contributed by atoms with Gasteiger partial charge in [-0.15, -0.1) is 0 Å². The second-order valence-corrected chi connectivity index (χ2v) is 4.15. The number of methoxy groups -OCH3 is 1. The summed E-state index contributed by atoms with van der Waals surface area (Å²) < 4.78 is 20.3. The van der Waals surface area contributed by atoms with Crippen LogP contribution in [0, 0.1) is 15.9 Å². The van der Waals surface area contributed by atoms with E-state index >= 15 is 0 Å². The lowest BCUT2D eigenvalue weighted by molar-refractivity contribution is -0.384. The summed E-state index contributed by atoms with van der Waals surface area (Å²) >= 11 is 0. The first-order valence-corrected chi connectivity index (χ1v) is 5.77. The van der Waals surface area contributed by atoms with Crippen molar-refractivity contribution in [3.63, 3.8) is 0 Å². The summed E-state index contributed by atoms with van der Waals surface area (Å²) in [5.41, 5.74) is 5.60. The molecule has 0 saturated carbocycles. The summed E-state index contributed by atoms with van der Waals surface area (Å²) in [7, 11) is 1.42. The quantitative estimate of drug-likeness (QED) is 0.683. The Hall–Kier alpha value is -2.64. The number of halogens is 1. The molecule has 0 radical (unpaired) electrons. The Balaban J connectivity index is 2.52. The van der Waals surface area contributed by atoms with E-state index in [9.17, 15) is 14.5 Å². The van der Waals surface area contributed by atoms with Gasteiger partial charge in [0.2, 0.25) is 5.82 Å². The number of nitrogens with zero attached hydrogens (tertiary/aromatic N) is 3. The molecule has 106 valence electrons. The van der Waals surface area contributed by atoms with Crippen LogP contribution in [-0.4, -0.2) is 21.8 Å². The fraction of sp³-hybridized carbons (Fsp3) is 0.250. The molecular formula is C12H13FN4O3. The standard InChI is InChI=1S/C12H13FN4O3/c1-7(11-8(13)4-3-5-10(11)20-2)16-12(14)9(6-15-16)17(18)19/h3-7H,14H2,1-2H3. The lowest BCUT2D eigenvalue weighted by Gasteiger charge is -2.17. The van der Waals surface area contributed by atoms with Crippen molar-refractivity contribution >= 4 is 11.5 Å². The minimum Gasteiger partial charge on any atom is -0.496 e. The van der Waals surface area contributed by atoms with Crippen LogP contribution in [-0.2, 0) is 0 Å². The summed E-state index contributed by atoms with van der Waals surface area (Å²) in [5.74, 6) is -0.294. The number of aromatic nitrogens is 2. The molecule has 1 aromatic heterocycles. The average molecular weight is 280 g/mol. The second-order valence-electron chi connectivity index (χ2n) is 4.15. The zero-order valence-electron chi connectivity index (χ0n) is 10.9. The lowest BCUT2D eigenvalue weighted by atomic mass is 10.1. The zero-order chi connectivity index (χ0) is 14.9. The fourth-order valence-corrected chi connectivity index (χ4v) is 2.03. The third kappa shape index (κ3) is 2.15. The number of nitro groups is 1. The molecule has 0 saturated heterocycles. The minimum atomic E-state index is -0.639. The highest BCUT2D eigenvalue weighted by Crippen LogP contribution is 2.33. The maximum absolute atomic E-state index is 14.0. The van der Waals surface area contributed by atoms with Gasteiger partial charge >= 0.3 is 5.69 Å². The average Bonchev–Trinajstić information content (AvgIpc) is 2.79. The van der Waals surface area contributed by atoms with Crippen LogP contribution in [0.4, 0.5) is 15.9 Å². The van der Waals surface area contributed by atoms with Crippen molar-refractivity contribution in [2.45, 2.75) is 13.0 Å². The van der Waals surface area contributed by atoms with Gasteiger partial charge in [-0.2, -0.15) is 5.10 Å². The topological polar surface area (TPSA) is 96.2 Å². The van der Waals surface area contributed by atoms with Crippen LogP contribution in [0.2, 0.25) is 0 Å². The summed E-state index contributed by atoms with van der Waals surface area (Å²) in [6.07, 6.45) is 1.04. The molecule has 1 atom stereocenters. The van der Waals surface area contributed by atoms with E-state index in [1.807, 2.05) is 0 Å². The maximum atomic E-state index is 14.0. The SMILES string of the molecule is COc1cccc(F)c1C(C)n1ncc([N+](=O)[O-])c1N. The van der Waals surface area contributed by atoms with Crippen molar-refractivity contribution in [2.24, 2.45) is 0 Å². The lowest BCUT2D eigenvalue weighted by Crippen LogP contribution is -2.14. The zero-order valence-corrected chi connectivity index (χ0v) is 10.9. The predicted molar refractivity (Wildman–Crippen MR) is 70.1 cm³/mol. The Kier molecular flexibility index (Phi) is 3.55. The maximum Gasteiger partial charge on any atom is 0.330 e. The van der Waals surface area contributed by atoms with E-state index < -0.39 is 16.8 Å². The van der Waals surface area contributed by atoms with Gasteiger partial charge in [-0.1, -0.05) is 6.07 Å². The first-order chi connectivity index (χ1) is 9.47. The van der Waals surface area contributed by atoms with Crippen molar-refractivity contribution in [3.05, 3.63) is 45.9 Å². The number of hydrogen-bond donors (Lipinski definition) is 1. The molecule has 0 bridgehead atoms. The molecule has 2 aromatic rings. The molecule has 0 fully saturated rings. The van der Waals surface area contributed by atoms with Crippen molar-refractivity contribution in [2.75, 3.05) is 12.8 Å². The van der Waals surface area contributed by atoms with Crippen LogP contribution in [0.15, 0.2) is 24.4 Å². The molecule has 0 aliphatic carbocycles. The van der Waals surface area contributed by atoms with Crippen molar-refractivity contribution in [3.8, 4) is 5.75 Å². The van der Waals surface area contributed by atoms with Crippen LogP contribution in [0.3, 0.4) is 0 Å². The molecule has 0 aliphatic rings.